The third-order valence-corrected chi connectivity index (χ3v) is 3.17. The molecule has 0 aliphatic carbocycles. The zero-order chi connectivity index (χ0) is 15.5. The van der Waals surface area contributed by atoms with E-state index in [2.05, 4.69) is 15.6 Å². The molecule has 118 valence electrons. The number of carbonyl (C=O) groups excluding carboxylic acids is 1. The number of nitrogens with one attached hydrogen (secondary N) is 2. The first-order valence-corrected chi connectivity index (χ1v) is 6.56. The summed E-state index contributed by atoms with van der Waals surface area (Å²) in [7, 11) is 0. The van der Waals surface area contributed by atoms with Gasteiger partial charge in [0.25, 0.3) is 0 Å². The Morgan fingerprint density at radius 2 is 2.38 bits per heavy atom. The summed E-state index contributed by atoms with van der Waals surface area (Å²) in [5, 5.41) is 5.59. The second kappa shape index (κ2) is 6.44. The number of alkyl halides is 3. The number of ether oxygens (including phenoxy) is 1. The molecule has 0 bridgehead atoms. The number of nitrogens with zero attached hydrogens (tertiary/aromatic N) is 2. The first-order chi connectivity index (χ1) is 9.87. The minimum Gasteiger partial charge on any atom is -0.375 e. The lowest BCUT2D eigenvalue weighted by Crippen LogP contribution is -2.55. The number of imidazole rings is 1. The van der Waals surface area contributed by atoms with E-state index in [1.54, 1.807) is 6.92 Å². The van der Waals surface area contributed by atoms with Crippen LogP contribution in [0.1, 0.15) is 12.7 Å². The molecule has 2 N–H and O–H groups in total. The number of hydrogen-bond donors (Lipinski definition) is 2. The molecule has 0 saturated carbocycles. The number of hydrogen-bond acceptors (Lipinski definition) is 4. The summed E-state index contributed by atoms with van der Waals surface area (Å²) in [5.74, 6) is -0.159. The molecule has 21 heavy (non-hydrogen) atoms. The normalized spacial score (nSPS) is 23.0. The Bertz CT molecular complexity index is 489. The van der Waals surface area contributed by atoms with Crippen molar-refractivity contribution in [2.24, 2.45) is 0 Å². The molecule has 0 radical (unpaired) electrons. The van der Waals surface area contributed by atoms with Crippen LogP contribution >= 0.6 is 0 Å². The predicted octanol–water partition coefficient (Wildman–Crippen LogP) is 0.438. The molecule has 1 fully saturated rings. The molecule has 2 heterocycles. The molecular formula is C12H17F3N4O2. The van der Waals surface area contributed by atoms with Crippen LogP contribution in [0.4, 0.5) is 13.2 Å². The zero-order valence-electron chi connectivity index (χ0n) is 11.5. The van der Waals surface area contributed by atoms with Gasteiger partial charge in [-0.1, -0.05) is 0 Å². The summed E-state index contributed by atoms with van der Waals surface area (Å²) in [6.45, 7) is 1.67. The van der Waals surface area contributed by atoms with Crippen molar-refractivity contribution >= 4 is 5.91 Å². The molecule has 1 amide bonds. The summed E-state index contributed by atoms with van der Waals surface area (Å²) >= 11 is 0. The summed E-state index contributed by atoms with van der Waals surface area (Å²) in [6.07, 6.45) is -2.10. The fraction of sp³-hybridized carbons (Fsp3) is 0.667. The Morgan fingerprint density at radius 3 is 3.05 bits per heavy atom. The monoisotopic (exact) mass is 306 g/mol. The Labute approximate surface area is 119 Å². The molecule has 2 atom stereocenters. The smallest absolute Gasteiger partial charge is 0.375 e. The van der Waals surface area contributed by atoms with Crippen molar-refractivity contribution < 1.29 is 22.7 Å². The zero-order valence-corrected chi connectivity index (χ0v) is 11.5. The largest absolute Gasteiger partial charge is 0.406 e. The molecule has 9 heteroatoms. The van der Waals surface area contributed by atoms with Gasteiger partial charge in [-0.3, -0.25) is 4.79 Å². The minimum atomic E-state index is -4.33. The fourth-order valence-electron chi connectivity index (χ4n) is 2.15. The highest BCUT2D eigenvalue weighted by Gasteiger charge is 2.30. The summed E-state index contributed by atoms with van der Waals surface area (Å²) in [4.78, 5) is 15.8. The lowest BCUT2D eigenvalue weighted by molar-refractivity contribution is -0.141. The predicted molar refractivity (Wildman–Crippen MR) is 67.3 cm³/mol. The van der Waals surface area contributed by atoms with Crippen molar-refractivity contribution in [1.82, 2.24) is 20.2 Å². The van der Waals surface area contributed by atoms with Gasteiger partial charge in [-0.05, 0) is 6.92 Å². The van der Waals surface area contributed by atoms with Crippen molar-refractivity contribution in [3.63, 3.8) is 0 Å². The Kier molecular flexibility index (Phi) is 4.84. The first-order valence-electron chi connectivity index (χ1n) is 6.56. The van der Waals surface area contributed by atoms with E-state index in [4.69, 9.17) is 4.74 Å². The van der Waals surface area contributed by atoms with E-state index in [1.165, 1.54) is 12.4 Å². The number of aromatic nitrogens is 2. The van der Waals surface area contributed by atoms with Crippen molar-refractivity contribution in [2.75, 3.05) is 13.2 Å². The van der Waals surface area contributed by atoms with Gasteiger partial charge < -0.3 is 19.9 Å². The van der Waals surface area contributed by atoms with Gasteiger partial charge in [0, 0.05) is 18.9 Å². The average Bonchev–Trinajstić information content (AvgIpc) is 2.81. The van der Waals surface area contributed by atoms with E-state index in [0.717, 1.165) is 4.57 Å². The van der Waals surface area contributed by atoms with Gasteiger partial charge in [0.2, 0.25) is 5.91 Å². The van der Waals surface area contributed by atoms with Crippen LogP contribution in [0.2, 0.25) is 0 Å². The Morgan fingerprint density at radius 1 is 1.62 bits per heavy atom. The van der Waals surface area contributed by atoms with Crippen molar-refractivity contribution in [2.45, 2.75) is 38.3 Å². The van der Waals surface area contributed by atoms with Crippen LogP contribution in [-0.2, 0) is 22.6 Å². The summed E-state index contributed by atoms with van der Waals surface area (Å²) < 4.78 is 43.4. The van der Waals surface area contributed by atoms with Gasteiger partial charge in [0.15, 0.2) is 0 Å². The van der Waals surface area contributed by atoms with Crippen LogP contribution in [0, 0.1) is 0 Å². The maximum absolute atomic E-state index is 12.4. The van der Waals surface area contributed by atoms with Gasteiger partial charge in [0.05, 0.1) is 19.3 Å². The second-order valence-electron chi connectivity index (χ2n) is 4.81. The Balaban J connectivity index is 1.91. The van der Waals surface area contributed by atoms with Crippen LogP contribution < -0.4 is 10.6 Å². The molecular weight excluding hydrogens is 289 g/mol. The van der Waals surface area contributed by atoms with Gasteiger partial charge in [-0.25, -0.2) is 4.98 Å². The fourth-order valence-corrected chi connectivity index (χ4v) is 2.15. The first kappa shape index (κ1) is 15.8. The van der Waals surface area contributed by atoms with Crippen molar-refractivity contribution in [3.8, 4) is 0 Å². The average molecular weight is 306 g/mol. The molecule has 6 nitrogen and oxygen atoms in total. The molecule has 0 unspecified atom stereocenters. The van der Waals surface area contributed by atoms with Crippen molar-refractivity contribution in [3.05, 3.63) is 18.2 Å². The lowest BCUT2D eigenvalue weighted by atomic mass is 10.1. The third-order valence-electron chi connectivity index (χ3n) is 3.17. The van der Waals surface area contributed by atoms with E-state index < -0.39 is 18.8 Å². The second-order valence-corrected chi connectivity index (χ2v) is 4.81. The molecule has 0 spiro atoms. The number of rotatable bonds is 4. The third kappa shape index (κ3) is 4.43. The molecule has 1 aromatic heterocycles. The molecule has 1 aromatic rings. The topological polar surface area (TPSA) is 68.2 Å². The number of carbonyl (C=O) groups is 1. The van der Waals surface area contributed by atoms with E-state index >= 15 is 0 Å². The summed E-state index contributed by atoms with van der Waals surface area (Å²) in [6, 6.07) is -0.509. The molecule has 0 aromatic carbocycles. The van der Waals surface area contributed by atoms with Gasteiger partial charge in [-0.2, -0.15) is 13.2 Å². The molecule has 1 aliphatic rings. The van der Waals surface area contributed by atoms with Gasteiger partial charge in [-0.15, -0.1) is 0 Å². The lowest BCUT2D eigenvalue weighted by Gasteiger charge is -2.29. The maximum Gasteiger partial charge on any atom is 0.406 e. The Hall–Kier alpha value is -1.61. The SMILES string of the molecule is C[C@H]1OCCN[C@@H]1C(=O)NCc1nccn1CC(F)(F)F. The molecule has 2 rings (SSSR count). The molecule has 1 saturated heterocycles. The maximum atomic E-state index is 12.4. The minimum absolute atomic E-state index is 0.0627. The number of halogens is 3. The highest BCUT2D eigenvalue weighted by molar-refractivity contribution is 5.82. The quantitative estimate of drug-likeness (QED) is 0.847. The van der Waals surface area contributed by atoms with Crippen LogP contribution in [-0.4, -0.2) is 46.9 Å². The van der Waals surface area contributed by atoms with Crippen LogP contribution in [0.3, 0.4) is 0 Å². The van der Waals surface area contributed by atoms with E-state index in [1.807, 2.05) is 0 Å². The van der Waals surface area contributed by atoms with E-state index in [9.17, 15) is 18.0 Å². The van der Waals surface area contributed by atoms with Crippen LogP contribution in [0.5, 0.6) is 0 Å². The van der Waals surface area contributed by atoms with E-state index in [0.29, 0.717) is 13.2 Å². The van der Waals surface area contributed by atoms with Crippen LogP contribution in [0.25, 0.3) is 0 Å². The van der Waals surface area contributed by atoms with Gasteiger partial charge in [0.1, 0.15) is 18.4 Å². The van der Waals surface area contributed by atoms with Gasteiger partial charge >= 0.3 is 6.18 Å². The van der Waals surface area contributed by atoms with Crippen molar-refractivity contribution in [1.29, 1.82) is 0 Å². The summed E-state index contributed by atoms with van der Waals surface area (Å²) in [5.41, 5.74) is 0. The number of amides is 1. The highest BCUT2D eigenvalue weighted by Crippen LogP contribution is 2.18. The molecule has 1 aliphatic heterocycles. The van der Waals surface area contributed by atoms with Crippen LogP contribution in [0.15, 0.2) is 12.4 Å². The highest BCUT2D eigenvalue weighted by atomic mass is 19.4. The number of morpholine rings is 1. The standard InChI is InChI=1S/C12H17F3N4O2/c1-8-10(17-3-5-21-8)11(20)18-6-9-16-2-4-19(9)7-12(13,14)15/h2,4,8,10,17H,3,5-7H2,1H3,(H,18,20)/t8-,10+/m1/s1. The van der Waals surface area contributed by atoms with E-state index in [-0.39, 0.29) is 24.4 Å².